The van der Waals surface area contributed by atoms with E-state index in [0.29, 0.717) is 24.8 Å². The molecule has 4 heterocycles. The summed E-state index contributed by atoms with van der Waals surface area (Å²) in [5.74, 6) is 0.0716. The van der Waals surface area contributed by atoms with Crippen molar-refractivity contribution in [3.05, 3.63) is 30.1 Å². The van der Waals surface area contributed by atoms with Gasteiger partial charge in [0.1, 0.15) is 18.3 Å². The monoisotopic (exact) mass is 333 g/mol. The molecule has 0 saturated carbocycles. The number of aromatic nitrogens is 1. The SMILES string of the molecule is O=C(c1ccncc1)N1CCC(N[C@H]2CO[C@H]3[C@@H]2OC[C@H]3O)CC1. The number of aliphatic hydroxyl groups excluding tert-OH is 1. The number of pyridine rings is 1. The Morgan fingerprint density at radius 1 is 1.17 bits per heavy atom. The summed E-state index contributed by atoms with van der Waals surface area (Å²) in [5.41, 5.74) is 0.691. The highest BCUT2D eigenvalue weighted by atomic mass is 16.6. The minimum atomic E-state index is -0.512. The predicted molar refractivity (Wildman–Crippen MR) is 85.6 cm³/mol. The molecule has 0 radical (unpaired) electrons. The van der Waals surface area contributed by atoms with Crippen molar-refractivity contribution < 1.29 is 19.4 Å². The number of hydrogen-bond acceptors (Lipinski definition) is 6. The lowest BCUT2D eigenvalue weighted by molar-refractivity contribution is 0.0175. The van der Waals surface area contributed by atoms with E-state index in [1.54, 1.807) is 24.5 Å². The van der Waals surface area contributed by atoms with Crippen molar-refractivity contribution in [2.45, 2.75) is 43.2 Å². The fraction of sp³-hybridized carbons (Fsp3) is 0.647. The van der Waals surface area contributed by atoms with Crippen molar-refractivity contribution >= 4 is 5.91 Å². The highest BCUT2D eigenvalue weighted by molar-refractivity contribution is 5.94. The number of ether oxygens (including phenoxy) is 2. The van der Waals surface area contributed by atoms with Gasteiger partial charge in [0.05, 0.1) is 19.3 Å². The van der Waals surface area contributed by atoms with E-state index in [9.17, 15) is 9.90 Å². The van der Waals surface area contributed by atoms with Crippen molar-refractivity contribution in [3.8, 4) is 0 Å². The summed E-state index contributed by atoms with van der Waals surface area (Å²) in [6.07, 6.45) is 4.34. The Balaban J connectivity index is 1.28. The molecule has 7 heteroatoms. The third-order valence-corrected chi connectivity index (χ3v) is 5.19. The van der Waals surface area contributed by atoms with Gasteiger partial charge in [-0.2, -0.15) is 0 Å². The topological polar surface area (TPSA) is 83.9 Å². The molecule has 3 fully saturated rings. The number of nitrogens with one attached hydrogen (secondary N) is 1. The van der Waals surface area contributed by atoms with Gasteiger partial charge in [0, 0.05) is 37.1 Å². The largest absolute Gasteiger partial charge is 0.388 e. The highest BCUT2D eigenvalue weighted by Gasteiger charge is 2.47. The van der Waals surface area contributed by atoms with E-state index in [-0.39, 0.29) is 24.2 Å². The summed E-state index contributed by atoms with van der Waals surface area (Å²) in [6, 6.07) is 3.98. The van der Waals surface area contributed by atoms with Crippen LogP contribution >= 0.6 is 0 Å². The smallest absolute Gasteiger partial charge is 0.253 e. The lowest BCUT2D eigenvalue weighted by Gasteiger charge is -2.34. The molecule has 0 spiro atoms. The first kappa shape index (κ1) is 16.0. The van der Waals surface area contributed by atoms with Gasteiger partial charge in [-0.25, -0.2) is 0 Å². The number of amides is 1. The lowest BCUT2D eigenvalue weighted by atomic mass is 10.0. The third-order valence-electron chi connectivity index (χ3n) is 5.19. The molecule has 2 N–H and O–H groups in total. The number of fused-ring (bicyclic) bond motifs is 1. The number of carbonyl (C=O) groups excluding carboxylic acids is 1. The minimum absolute atomic E-state index is 0.0588. The van der Waals surface area contributed by atoms with Crippen LogP contribution < -0.4 is 5.32 Å². The molecule has 3 saturated heterocycles. The first-order chi connectivity index (χ1) is 11.7. The quantitative estimate of drug-likeness (QED) is 0.797. The van der Waals surface area contributed by atoms with Crippen molar-refractivity contribution in [3.63, 3.8) is 0 Å². The fourth-order valence-electron chi connectivity index (χ4n) is 3.85. The predicted octanol–water partition coefficient (Wildman–Crippen LogP) is -0.197. The molecule has 0 bridgehead atoms. The fourth-order valence-corrected chi connectivity index (χ4v) is 3.85. The number of likely N-dealkylation sites (tertiary alicyclic amines) is 1. The number of rotatable bonds is 3. The van der Waals surface area contributed by atoms with Crippen molar-refractivity contribution in [2.75, 3.05) is 26.3 Å². The second-order valence-corrected chi connectivity index (χ2v) is 6.74. The van der Waals surface area contributed by atoms with E-state index >= 15 is 0 Å². The van der Waals surface area contributed by atoms with Crippen LogP contribution in [-0.2, 0) is 9.47 Å². The number of piperidine rings is 1. The van der Waals surface area contributed by atoms with E-state index in [0.717, 1.165) is 25.9 Å². The lowest BCUT2D eigenvalue weighted by Crippen LogP contribution is -2.51. The van der Waals surface area contributed by atoms with Crippen molar-refractivity contribution in [1.82, 2.24) is 15.2 Å². The molecule has 1 aromatic rings. The molecule has 1 amide bonds. The Morgan fingerprint density at radius 3 is 2.62 bits per heavy atom. The zero-order valence-electron chi connectivity index (χ0n) is 13.5. The van der Waals surface area contributed by atoms with E-state index in [1.807, 2.05) is 4.90 Å². The number of hydrogen-bond donors (Lipinski definition) is 2. The zero-order chi connectivity index (χ0) is 16.5. The van der Waals surface area contributed by atoms with Crippen LogP contribution in [0.3, 0.4) is 0 Å². The van der Waals surface area contributed by atoms with Gasteiger partial charge in [0.15, 0.2) is 0 Å². The van der Waals surface area contributed by atoms with Gasteiger partial charge in [-0.3, -0.25) is 9.78 Å². The maximum atomic E-state index is 12.4. The average Bonchev–Trinajstić information content (AvgIpc) is 3.19. The maximum Gasteiger partial charge on any atom is 0.253 e. The Kier molecular flexibility index (Phi) is 4.49. The van der Waals surface area contributed by atoms with Crippen molar-refractivity contribution in [2.24, 2.45) is 0 Å². The van der Waals surface area contributed by atoms with Gasteiger partial charge in [0.25, 0.3) is 5.91 Å². The summed E-state index contributed by atoms with van der Waals surface area (Å²) in [5, 5.41) is 13.4. The Labute approximate surface area is 141 Å². The molecule has 0 unspecified atom stereocenters. The van der Waals surface area contributed by atoms with Crippen LogP contribution in [0.2, 0.25) is 0 Å². The molecule has 3 aliphatic rings. The molecule has 0 aliphatic carbocycles. The standard InChI is InChI=1S/C17H23N3O4/c21-14-10-24-15-13(9-23-16(14)15)19-12-3-7-20(8-4-12)17(22)11-1-5-18-6-2-11/h1-2,5-6,12-16,19,21H,3-4,7-10H2/t13-,14+,15+,16+/m0/s1. The highest BCUT2D eigenvalue weighted by Crippen LogP contribution is 2.28. The van der Waals surface area contributed by atoms with Crippen molar-refractivity contribution in [1.29, 1.82) is 0 Å². The van der Waals surface area contributed by atoms with Crippen LogP contribution in [0.4, 0.5) is 0 Å². The normalized spacial score (nSPS) is 33.6. The molecular formula is C17H23N3O4. The number of aliphatic hydroxyl groups is 1. The first-order valence-electron chi connectivity index (χ1n) is 8.59. The van der Waals surface area contributed by atoms with Crippen LogP contribution in [0.15, 0.2) is 24.5 Å². The summed E-state index contributed by atoms with van der Waals surface area (Å²) in [6.45, 7) is 2.41. The molecule has 24 heavy (non-hydrogen) atoms. The molecule has 4 atom stereocenters. The van der Waals surface area contributed by atoms with Gasteiger partial charge < -0.3 is 24.8 Å². The maximum absolute atomic E-state index is 12.4. The van der Waals surface area contributed by atoms with E-state index in [1.165, 1.54) is 0 Å². The average molecular weight is 333 g/mol. The second kappa shape index (κ2) is 6.76. The van der Waals surface area contributed by atoms with Gasteiger partial charge >= 0.3 is 0 Å². The summed E-state index contributed by atoms with van der Waals surface area (Å²) in [7, 11) is 0. The van der Waals surface area contributed by atoms with Crippen LogP contribution in [-0.4, -0.2) is 77.6 Å². The van der Waals surface area contributed by atoms with Crippen LogP contribution in [0.25, 0.3) is 0 Å². The van der Waals surface area contributed by atoms with Gasteiger partial charge in [-0.1, -0.05) is 0 Å². The molecule has 4 rings (SSSR count). The molecule has 0 aromatic carbocycles. The van der Waals surface area contributed by atoms with E-state index in [4.69, 9.17) is 9.47 Å². The third kappa shape index (κ3) is 3.04. The van der Waals surface area contributed by atoms with Gasteiger partial charge in [0.2, 0.25) is 0 Å². The second-order valence-electron chi connectivity index (χ2n) is 6.74. The Hall–Kier alpha value is -1.54. The van der Waals surface area contributed by atoms with Crippen LogP contribution in [0.5, 0.6) is 0 Å². The summed E-state index contributed by atoms with van der Waals surface area (Å²) >= 11 is 0. The first-order valence-corrected chi connectivity index (χ1v) is 8.59. The molecular weight excluding hydrogens is 310 g/mol. The Morgan fingerprint density at radius 2 is 1.88 bits per heavy atom. The molecule has 130 valence electrons. The molecule has 7 nitrogen and oxygen atoms in total. The minimum Gasteiger partial charge on any atom is -0.388 e. The summed E-state index contributed by atoms with van der Waals surface area (Å²) in [4.78, 5) is 18.3. The molecule has 3 aliphatic heterocycles. The van der Waals surface area contributed by atoms with Crippen LogP contribution in [0, 0.1) is 0 Å². The van der Waals surface area contributed by atoms with Crippen LogP contribution in [0.1, 0.15) is 23.2 Å². The van der Waals surface area contributed by atoms with Gasteiger partial charge in [-0.15, -0.1) is 0 Å². The van der Waals surface area contributed by atoms with Gasteiger partial charge in [-0.05, 0) is 25.0 Å². The number of nitrogens with zero attached hydrogens (tertiary/aromatic N) is 2. The molecule has 1 aromatic heterocycles. The Bertz CT molecular complexity index is 576. The number of carbonyl (C=O) groups is 1. The summed E-state index contributed by atoms with van der Waals surface area (Å²) < 4.78 is 11.3. The zero-order valence-corrected chi connectivity index (χ0v) is 13.5. The van der Waals surface area contributed by atoms with E-state index in [2.05, 4.69) is 10.3 Å². The van der Waals surface area contributed by atoms with E-state index < -0.39 is 6.10 Å².